The van der Waals surface area contributed by atoms with E-state index < -0.39 is 22.6 Å². The van der Waals surface area contributed by atoms with Crippen molar-refractivity contribution in [2.45, 2.75) is 32.4 Å². The van der Waals surface area contributed by atoms with Crippen LogP contribution in [0.2, 0.25) is 0 Å². The van der Waals surface area contributed by atoms with E-state index in [1.165, 1.54) is 6.20 Å². The molecule has 1 saturated heterocycles. The minimum atomic E-state index is -1.31. The molecule has 2 fully saturated rings. The van der Waals surface area contributed by atoms with Crippen molar-refractivity contribution in [1.82, 2.24) is 4.57 Å². The van der Waals surface area contributed by atoms with Crippen LogP contribution in [-0.2, 0) is 11.4 Å². The number of nitrogens with two attached hydrogens (primary N) is 1. The quantitative estimate of drug-likeness (QED) is 0.503. The molecule has 2 heterocycles. The van der Waals surface area contributed by atoms with E-state index in [0.29, 0.717) is 37.4 Å². The molecule has 1 aliphatic carbocycles. The lowest BCUT2D eigenvalue weighted by atomic mass is 9.88. The molecule has 0 spiro atoms. The van der Waals surface area contributed by atoms with Crippen molar-refractivity contribution in [1.29, 1.82) is 0 Å². The molecule has 1 aliphatic heterocycles. The van der Waals surface area contributed by atoms with Crippen LogP contribution in [0.4, 0.5) is 10.1 Å². The number of aromatic nitrogens is 1. The molecule has 1 saturated carbocycles. The predicted octanol–water partition coefficient (Wildman–Crippen LogP) is 3.53. The summed E-state index contributed by atoms with van der Waals surface area (Å²) in [6.07, 6.45) is 3.15. The van der Waals surface area contributed by atoms with E-state index in [2.05, 4.69) is 5.16 Å². The van der Waals surface area contributed by atoms with Gasteiger partial charge < -0.3 is 25.1 Å². The Morgan fingerprint density at radius 3 is 2.69 bits per heavy atom. The van der Waals surface area contributed by atoms with Crippen molar-refractivity contribution >= 4 is 28.3 Å². The molecule has 0 bridgehead atoms. The average molecular weight is 479 g/mol. The minimum Gasteiger partial charge on any atom is -0.477 e. The van der Waals surface area contributed by atoms with Crippen LogP contribution in [0.3, 0.4) is 0 Å². The zero-order valence-corrected chi connectivity index (χ0v) is 19.4. The third-order valence-corrected chi connectivity index (χ3v) is 6.89. The Kier molecular flexibility index (Phi) is 5.80. The summed E-state index contributed by atoms with van der Waals surface area (Å²) in [6.45, 7) is 3.35. The van der Waals surface area contributed by atoms with Gasteiger partial charge in [-0.05, 0) is 30.5 Å². The SMILES string of the molecule is CC1(CN)CN(c2cc3c(cc2F)c(=O)c(C(=O)O)cn3C2CC2)C/C1=N\OCc1ccccc1. The number of hydrogen-bond donors (Lipinski definition) is 2. The van der Waals surface area contributed by atoms with Crippen LogP contribution in [-0.4, -0.2) is 41.0 Å². The molecule has 35 heavy (non-hydrogen) atoms. The molecule has 9 heteroatoms. The van der Waals surface area contributed by atoms with E-state index in [4.69, 9.17) is 10.6 Å². The number of oxime groups is 1. The van der Waals surface area contributed by atoms with Gasteiger partial charge in [-0.15, -0.1) is 0 Å². The number of fused-ring (bicyclic) bond motifs is 1. The van der Waals surface area contributed by atoms with Gasteiger partial charge in [0.25, 0.3) is 0 Å². The molecular formula is C26H27FN4O4. The predicted molar refractivity (Wildman–Crippen MR) is 131 cm³/mol. The highest BCUT2D eigenvalue weighted by Gasteiger charge is 2.41. The molecule has 1 unspecified atom stereocenters. The summed E-state index contributed by atoms with van der Waals surface area (Å²) in [5.74, 6) is -1.91. The van der Waals surface area contributed by atoms with Crippen LogP contribution in [0, 0.1) is 11.2 Å². The van der Waals surface area contributed by atoms with Gasteiger partial charge in [0.15, 0.2) is 0 Å². The second-order valence-corrected chi connectivity index (χ2v) is 9.55. The van der Waals surface area contributed by atoms with Crippen molar-refractivity contribution < 1.29 is 19.1 Å². The Balaban J connectivity index is 1.50. The highest BCUT2D eigenvalue weighted by atomic mass is 19.1. The van der Waals surface area contributed by atoms with Crippen molar-refractivity contribution in [3.05, 3.63) is 75.8 Å². The molecule has 0 amide bonds. The Bertz CT molecular complexity index is 1380. The number of pyridine rings is 1. The number of halogens is 1. The number of hydrogen-bond acceptors (Lipinski definition) is 6. The number of nitrogens with zero attached hydrogens (tertiary/aromatic N) is 3. The molecule has 182 valence electrons. The molecule has 2 aromatic carbocycles. The number of carboxylic acids is 1. The van der Waals surface area contributed by atoms with Gasteiger partial charge in [-0.3, -0.25) is 4.79 Å². The van der Waals surface area contributed by atoms with Crippen LogP contribution < -0.4 is 16.1 Å². The fourth-order valence-electron chi connectivity index (χ4n) is 4.60. The minimum absolute atomic E-state index is 0.0684. The van der Waals surface area contributed by atoms with Crippen molar-refractivity contribution in [2.75, 3.05) is 24.5 Å². The zero-order valence-electron chi connectivity index (χ0n) is 19.4. The molecule has 0 radical (unpaired) electrons. The Hall–Kier alpha value is -3.72. The van der Waals surface area contributed by atoms with Crippen LogP contribution >= 0.6 is 0 Å². The summed E-state index contributed by atoms with van der Waals surface area (Å²) in [4.78, 5) is 31.8. The van der Waals surface area contributed by atoms with E-state index in [1.807, 2.05) is 42.2 Å². The maximum absolute atomic E-state index is 15.3. The Morgan fingerprint density at radius 2 is 2.03 bits per heavy atom. The van der Waals surface area contributed by atoms with Gasteiger partial charge >= 0.3 is 5.97 Å². The number of carboxylic acid groups (broad SMARTS) is 1. The van der Waals surface area contributed by atoms with Gasteiger partial charge in [-0.1, -0.05) is 42.4 Å². The standard InChI is InChI=1S/C26H27FN4O4/c1-26(14-28)15-30(12-23(26)29-35-13-16-5-3-2-4-6-16)22-10-21-18(9-20(22)27)24(32)19(25(33)34)11-31(21)17-7-8-17/h2-6,9-11,17H,7-8,12-15,28H2,1H3,(H,33,34)/b29-23+. The van der Waals surface area contributed by atoms with Gasteiger partial charge in [0.2, 0.25) is 5.43 Å². The largest absolute Gasteiger partial charge is 0.477 e. The second-order valence-electron chi connectivity index (χ2n) is 9.55. The number of anilines is 1. The molecule has 8 nitrogen and oxygen atoms in total. The fraction of sp³-hybridized carbons (Fsp3) is 0.346. The highest BCUT2D eigenvalue weighted by molar-refractivity contribution is 5.98. The summed E-state index contributed by atoms with van der Waals surface area (Å²) >= 11 is 0. The average Bonchev–Trinajstić information content (AvgIpc) is 3.63. The summed E-state index contributed by atoms with van der Waals surface area (Å²) in [5, 5.41) is 13.9. The van der Waals surface area contributed by atoms with Gasteiger partial charge in [-0.2, -0.15) is 0 Å². The van der Waals surface area contributed by atoms with Gasteiger partial charge in [0.05, 0.1) is 23.5 Å². The van der Waals surface area contributed by atoms with Crippen molar-refractivity contribution in [3.8, 4) is 0 Å². The molecule has 3 N–H and O–H groups in total. The molecule has 1 atom stereocenters. The number of aromatic carboxylic acids is 1. The second kappa shape index (κ2) is 8.81. The fourth-order valence-corrected chi connectivity index (χ4v) is 4.60. The summed E-state index contributed by atoms with van der Waals surface area (Å²) in [7, 11) is 0. The van der Waals surface area contributed by atoms with Crippen LogP contribution in [0.25, 0.3) is 10.9 Å². The van der Waals surface area contributed by atoms with E-state index in [9.17, 15) is 14.7 Å². The first-order valence-corrected chi connectivity index (χ1v) is 11.6. The maximum atomic E-state index is 15.3. The molecule has 3 aromatic rings. The summed E-state index contributed by atoms with van der Waals surface area (Å²) in [5.41, 5.74) is 7.10. The lowest BCUT2D eigenvalue weighted by Crippen LogP contribution is -2.36. The molecular weight excluding hydrogens is 451 g/mol. The van der Waals surface area contributed by atoms with Crippen LogP contribution in [0.1, 0.15) is 41.7 Å². The molecule has 2 aliphatic rings. The van der Waals surface area contributed by atoms with Gasteiger partial charge in [0, 0.05) is 36.1 Å². The smallest absolute Gasteiger partial charge is 0.341 e. The summed E-state index contributed by atoms with van der Waals surface area (Å²) in [6, 6.07) is 12.6. The number of carbonyl (C=O) groups is 1. The lowest BCUT2D eigenvalue weighted by Gasteiger charge is -2.24. The molecule has 1 aromatic heterocycles. The first kappa shape index (κ1) is 23.0. The lowest BCUT2D eigenvalue weighted by molar-refractivity contribution is 0.0695. The third-order valence-electron chi connectivity index (χ3n) is 6.89. The zero-order chi connectivity index (χ0) is 24.7. The van der Waals surface area contributed by atoms with Crippen molar-refractivity contribution in [2.24, 2.45) is 16.3 Å². The Labute approximate surface area is 201 Å². The summed E-state index contributed by atoms with van der Waals surface area (Å²) < 4.78 is 17.1. The van der Waals surface area contributed by atoms with Crippen LogP contribution in [0.15, 0.2) is 58.6 Å². The van der Waals surface area contributed by atoms with E-state index in [1.54, 1.807) is 10.6 Å². The monoisotopic (exact) mass is 478 g/mol. The van der Waals surface area contributed by atoms with E-state index >= 15 is 4.39 Å². The first-order valence-electron chi connectivity index (χ1n) is 11.6. The first-order chi connectivity index (χ1) is 16.8. The van der Waals surface area contributed by atoms with E-state index in [-0.39, 0.29) is 17.0 Å². The third kappa shape index (κ3) is 4.27. The maximum Gasteiger partial charge on any atom is 0.341 e. The Morgan fingerprint density at radius 1 is 1.29 bits per heavy atom. The normalized spacial score (nSPS) is 21.1. The highest BCUT2D eigenvalue weighted by Crippen LogP contribution is 2.39. The molecule has 5 rings (SSSR count). The van der Waals surface area contributed by atoms with Crippen molar-refractivity contribution in [3.63, 3.8) is 0 Å². The van der Waals surface area contributed by atoms with Crippen LogP contribution in [0.5, 0.6) is 0 Å². The number of benzene rings is 2. The van der Waals surface area contributed by atoms with Gasteiger partial charge in [0.1, 0.15) is 18.0 Å². The topological polar surface area (TPSA) is 110 Å². The van der Waals surface area contributed by atoms with Gasteiger partial charge in [-0.25, -0.2) is 9.18 Å². The number of rotatable bonds is 7. The van der Waals surface area contributed by atoms with E-state index in [0.717, 1.165) is 30.2 Å².